The van der Waals surface area contributed by atoms with E-state index in [1.165, 1.54) is 17.3 Å². The number of ether oxygens (including phenoxy) is 1. The number of hydrogen-bond acceptors (Lipinski definition) is 5. The van der Waals surface area contributed by atoms with E-state index < -0.39 is 12.1 Å². The lowest BCUT2D eigenvalue weighted by atomic mass is 10.0. The van der Waals surface area contributed by atoms with Gasteiger partial charge in [0.05, 0.1) is 11.3 Å². The summed E-state index contributed by atoms with van der Waals surface area (Å²) in [6.07, 6.45) is 1.07. The number of amides is 1. The highest BCUT2D eigenvalue weighted by molar-refractivity contribution is 8.00. The number of nitrogens with one attached hydrogen (secondary N) is 1. The third kappa shape index (κ3) is 7.06. The van der Waals surface area contributed by atoms with E-state index in [4.69, 9.17) is 4.74 Å². The van der Waals surface area contributed by atoms with Gasteiger partial charge in [-0.1, -0.05) is 67.4 Å². The Morgan fingerprint density at radius 2 is 1.62 bits per heavy atom. The van der Waals surface area contributed by atoms with E-state index >= 15 is 0 Å². The number of thioether (sulfide) groups is 1. The number of rotatable bonds is 10. The fourth-order valence-electron chi connectivity index (χ4n) is 3.38. The molecule has 3 rings (SSSR count). The van der Waals surface area contributed by atoms with Crippen molar-refractivity contribution < 1.29 is 19.1 Å². The number of ketones is 1. The van der Waals surface area contributed by atoms with Crippen LogP contribution in [0.4, 0.5) is 5.69 Å². The van der Waals surface area contributed by atoms with Crippen molar-refractivity contribution in [2.24, 2.45) is 0 Å². The van der Waals surface area contributed by atoms with Crippen molar-refractivity contribution in [2.75, 3.05) is 11.1 Å². The number of benzene rings is 3. The predicted molar refractivity (Wildman–Crippen MR) is 137 cm³/mol. The normalized spacial score (nSPS) is 11.5. The van der Waals surface area contributed by atoms with Gasteiger partial charge in [0.2, 0.25) is 11.7 Å². The molecule has 3 aromatic rings. The molecule has 1 unspecified atom stereocenters. The third-order valence-electron chi connectivity index (χ3n) is 5.23. The topological polar surface area (TPSA) is 72.5 Å². The highest BCUT2D eigenvalue weighted by Crippen LogP contribution is 2.24. The van der Waals surface area contributed by atoms with Crippen LogP contribution in [0.2, 0.25) is 0 Å². The second-order valence-corrected chi connectivity index (χ2v) is 9.07. The van der Waals surface area contributed by atoms with Crippen LogP contribution in [0.5, 0.6) is 0 Å². The highest BCUT2D eigenvalue weighted by Gasteiger charge is 2.22. The van der Waals surface area contributed by atoms with Crippen molar-refractivity contribution in [2.45, 2.75) is 44.6 Å². The molecule has 6 heteroatoms. The van der Waals surface area contributed by atoms with Crippen molar-refractivity contribution in [1.82, 2.24) is 0 Å². The first-order valence-corrected chi connectivity index (χ1v) is 12.3. The minimum atomic E-state index is -0.924. The fourth-order valence-corrected chi connectivity index (χ4v) is 4.22. The van der Waals surface area contributed by atoms with Crippen LogP contribution in [-0.4, -0.2) is 29.5 Å². The third-order valence-corrected chi connectivity index (χ3v) is 6.30. The zero-order chi connectivity index (χ0) is 24.5. The van der Waals surface area contributed by atoms with Crippen LogP contribution in [0.15, 0.2) is 77.7 Å². The predicted octanol–water partition coefficient (Wildman–Crippen LogP) is 6.11. The standard InChI is InChI=1S/C28H29NO4S/c1-4-7-21-12-14-22(15-13-21)27(31)20(3)33-28(32)24-8-5-6-9-25(24)34-18-26(30)29-23-16-10-19(2)11-17-23/h5-6,8-17,20H,4,7,18H2,1-3H3,(H,29,30). The van der Waals surface area contributed by atoms with Gasteiger partial charge in [0.25, 0.3) is 0 Å². The molecule has 0 saturated heterocycles. The van der Waals surface area contributed by atoms with Crippen LogP contribution in [-0.2, 0) is 16.0 Å². The summed E-state index contributed by atoms with van der Waals surface area (Å²) in [6, 6.07) is 21.9. The Hall–Kier alpha value is -3.38. The lowest BCUT2D eigenvalue weighted by molar-refractivity contribution is -0.113. The minimum Gasteiger partial charge on any atom is -0.451 e. The molecular formula is C28H29NO4S. The van der Waals surface area contributed by atoms with Gasteiger partial charge >= 0.3 is 5.97 Å². The maximum Gasteiger partial charge on any atom is 0.339 e. The Labute approximate surface area is 204 Å². The Morgan fingerprint density at radius 1 is 0.941 bits per heavy atom. The summed E-state index contributed by atoms with van der Waals surface area (Å²) in [4.78, 5) is 38.5. The van der Waals surface area contributed by atoms with E-state index in [1.54, 1.807) is 43.3 Å². The number of carbonyl (C=O) groups excluding carboxylic acids is 3. The first-order chi connectivity index (χ1) is 16.4. The van der Waals surface area contributed by atoms with Crippen LogP contribution in [0.1, 0.15) is 52.1 Å². The molecule has 34 heavy (non-hydrogen) atoms. The maximum absolute atomic E-state index is 12.8. The molecular weight excluding hydrogens is 446 g/mol. The van der Waals surface area contributed by atoms with E-state index in [1.807, 2.05) is 43.3 Å². The van der Waals surface area contributed by atoms with E-state index in [9.17, 15) is 14.4 Å². The molecule has 0 bridgehead atoms. The number of aryl methyl sites for hydroxylation is 2. The second-order valence-electron chi connectivity index (χ2n) is 8.06. The van der Waals surface area contributed by atoms with Gasteiger partial charge in [-0.25, -0.2) is 4.79 Å². The summed E-state index contributed by atoms with van der Waals surface area (Å²) in [5, 5.41) is 2.84. The molecule has 0 aliphatic carbocycles. The van der Waals surface area contributed by atoms with Crippen molar-refractivity contribution in [3.63, 3.8) is 0 Å². The first-order valence-electron chi connectivity index (χ1n) is 11.3. The minimum absolute atomic E-state index is 0.136. The van der Waals surface area contributed by atoms with Gasteiger partial charge < -0.3 is 10.1 Å². The lowest BCUT2D eigenvalue weighted by Crippen LogP contribution is -2.24. The van der Waals surface area contributed by atoms with Crippen molar-refractivity contribution in [3.05, 3.63) is 95.1 Å². The molecule has 0 aliphatic rings. The summed E-state index contributed by atoms with van der Waals surface area (Å²) < 4.78 is 5.48. The number of anilines is 1. The fraction of sp³-hybridized carbons (Fsp3) is 0.250. The quantitative estimate of drug-likeness (QED) is 0.218. The smallest absolute Gasteiger partial charge is 0.339 e. The van der Waals surface area contributed by atoms with Crippen LogP contribution in [0.3, 0.4) is 0 Å². The SMILES string of the molecule is CCCc1ccc(C(=O)C(C)OC(=O)c2ccccc2SCC(=O)Nc2ccc(C)cc2)cc1. The molecule has 0 aromatic heterocycles. The van der Waals surface area contributed by atoms with Crippen molar-refractivity contribution in [1.29, 1.82) is 0 Å². The summed E-state index contributed by atoms with van der Waals surface area (Å²) in [6.45, 7) is 5.66. The summed E-state index contributed by atoms with van der Waals surface area (Å²) in [7, 11) is 0. The van der Waals surface area contributed by atoms with Crippen molar-refractivity contribution >= 4 is 35.1 Å². The molecule has 0 spiro atoms. The van der Waals surface area contributed by atoms with E-state index in [0.717, 1.165) is 24.1 Å². The Kier molecular flexibility index (Phi) is 9.05. The van der Waals surface area contributed by atoms with Gasteiger partial charge in [-0.05, 0) is 50.1 Å². The number of hydrogen-bond donors (Lipinski definition) is 1. The van der Waals surface area contributed by atoms with Gasteiger partial charge in [-0.15, -0.1) is 11.8 Å². The highest BCUT2D eigenvalue weighted by atomic mass is 32.2. The molecule has 0 radical (unpaired) electrons. The first kappa shape index (κ1) is 25.2. The summed E-state index contributed by atoms with van der Waals surface area (Å²) in [5.41, 5.74) is 3.84. The Bertz CT molecular complexity index is 1140. The van der Waals surface area contributed by atoms with Crippen LogP contribution in [0, 0.1) is 6.92 Å². The Balaban J connectivity index is 1.60. The average Bonchev–Trinajstić information content (AvgIpc) is 2.84. The number of esters is 1. The van der Waals surface area contributed by atoms with Gasteiger partial charge in [0.15, 0.2) is 6.10 Å². The molecule has 0 saturated carbocycles. The zero-order valence-corrected chi connectivity index (χ0v) is 20.5. The van der Waals surface area contributed by atoms with Gasteiger partial charge in [-0.3, -0.25) is 9.59 Å². The summed E-state index contributed by atoms with van der Waals surface area (Å²) in [5.74, 6) is -0.881. The molecule has 3 aromatic carbocycles. The molecule has 1 amide bonds. The van der Waals surface area contributed by atoms with Gasteiger partial charge in [0, 0.05) is 16.1 Å². The molecule has 1 atom stereocenters. The molecule has 0 heterocycles. The average molecular weight is 476 g/mol. The van der Waals surface area contributed by atoms with Gasteiger partial charge in [0.1, 0.15) is 0 Å². The molecule has 0 fully saturated rings. The van der Waals surface area contributed by atoms with Crippen LogP contribution in [0.25, 0.3) is 0 Å². The van der Waals surface area contributed by atoms with E-state index in [2.05, 4.69) is 12.2 Å². The lowest BCUT2D eigenvalue weighted by Gasteiger charge is -2.14. The number of Topliss-reactive ketones (excluding diaryl/α,β-unsaturated/α-hetero) is 1. The van der Waals surface area contributed by atoms with Crippen molar-refractivity contribution in [3.8, 4) is 0 Å². The van der Waals surface area contributed by atoms with Gasteiger partial charge in [-0.2, -0.15) is 0 Å². The second kappa shape index (κ2) is 12.2. The molecule has 5 nitrogen and oxygen atoms in total. The maximum atomic E-state index is 12.8. The van der Waals surface area contributed by atoms with Crippen LogP contribution >= 0.6 is 11.8 Å². The largest absolute Gasteiger partial charge is 0.451 e. The molecule has 176 valence electrons. The summed E-state index contributed by atoms with van der Waals surface area (Å²) >= 11 is 1.25. The Morgan fingerprint density at radius 3 is 2.29 bits per heavy atom. The van der Waals surface area contributed by atoms with E-state index in [0.29, 0.717) is 16.0 Å². The van der Waals surface area contributed by atoms with E-state index in [-0.39, 0.29) is 17.4 Å². The molecule has 0 aliphatic heterocycles. The zero-order valence-electron chi connectivity index (χ0n) is 19.7. The molecule has 1 N–H and O–H groups in total. The van der Waals surface area contributed by atoms with Crippen LogP contribution < -0.4 is 5.32 Å². The number of carbonyl (C=O) groups is 3. The monoisotopic (exact) mass is 475 g/mol.